The number of anilines is 2. The zero-order valence-corrected chi connectivity index (χ0v) is 12.3. The first-order valence-electron chi connectivity index (χ1n) is 6.87. The predicted molar refractivity (Wildman–Crippen MR) is 84.2 cm³/mol. The Balaban J connectivity index is 1.93. The maximum atomic E-state index is 6.04. The molecule has 0 radical (unpaired) electrons. The van der Waals surface area contributed by atoms with Crippen molar-refractivity contribution in [3.8, 4) is 0 Å². The number of aromatic nitrogens is 3. The first-order valence-corrected chi connectivity index (χ1v) is 7.24. The largest absolute Gasteiger partial charge is 0.324 e. The van der Waals surface area contributed by atoms with E-state index < -0.39 is 0 Å². The fourth-order valence-electron chi connectivity index (χ4n) is 2.81. The molecule has 2 aromatic heterocycles. The highest BCUT2D eigenvalue weighted by molar-refractivity contribution is 6.29. The third-order valence-electron chi connectivity index (χ3n) is 3.82. The molecule has 104 valence electrons. The Labute approximate surface area is 127 Å². The second kappa shape index (κ2) is 4.67. The molecule has 4 nitrogen and oxygen atoms in total. The van der Waals surface area contributed by atoms with Crippen LogP contribution in [-0.4, -0.2) is 21.5 Å². The van der Waals surface area contributed by atoms with Crippen LogP contribution in [0.3, 0.4) is 0 Å². The van der Waals surface area contributed by atoms with Gasteiger partial charge in [0.25, 0.3) is 0 Å². The maximum absolute atomic E-state index is 6.04. The first-order chi connectivity index (χ1) is 10.2. The first kappa shape index (κ1) is 12.5. The van der Waals surface area contributed by atoms with E-state index in [9.17, 15) is 0 Å². The summed E-state index contributed by atoms with van der Waals surface area (Å²) in [5.41, 5.74) is 5.35. The number of halogens is 1. The highest BCUT2D eigenvalue weighted by atomic mass is 35.5. The SMILES string of the molecule is Cc1ccc2c(c1)N(c1ncnc3ccc(Cl)nc13)CC2. The van der Waals surface area contributed by atoms with Gasteiger partial charge in [0, 0.05) is 12.2 Å². The van der Waals surface area contributed by atoms with E-state index in [0.29, 0.717) is 5.15 Å². The summed E-state index contributed by atoms with van der Waals surface area (Å²) in [6, 6.07) is 10.2. The summed E-state index contributed by atoms with van der Waals surface area (Å²) in [6.45, 7) is 3.00. The number of pyridine rings is 1. The fourth-order valence-corrected chi connectivity index (χ4v) is 2.96. The maximum Gasteiger partial charge on any atom is 0.163 e. The van der Waals surface area contributed by atoms with Crippen molar-refractivity contribution in [1.29, 1.82) is 0 Å². The van der Waals surface area contributed by atoms with Crippen molar-refractivity contribution in [2.75, 3.05) is 11.4 Å². The number of rotatable bonds is 1. The molecular formula is C16H13ClN4. The van der Waals surface area contributed by atoms with Gasteiger partial charge in [0.1, 0.15) is 17.0 Å². The Hall–Kier alpha value is -2.20. The van der Waals surface area contributed by atoms with Crippen LogP contribution >= 0.6 is 11.6 Å². The van der Waals surface area contributed by atoms with Gasteiger partial charge in [-0.25, -0.2) is 15.0 Å². The van der Waals surface area contributed by atoms with E-state index in [0.717, 1.165) is 29.8 Å². The predicted octanol–water partition coefficient (Wildman–Crippen LogP) is 3.68. The van der Waals surface area contributed by atoms with Crippen molar-refractivity contribution in [1.82, 2.24) is 15.0 Å². The Morgan fingerprint density at radius 3 is 2.95 bits per heavy atom. The summed E-state index contributed by atoms with van der Waals surface area (Å²) in [5.74, 6) is 0.826. The van der Waals surface area contributed by atoms with Gasteiger partial charge in [-0.15, -0.1) is 0 Å². The monoisotopic (exact) mass is 296 g/mol. The topological polar surface area (TPSA) is 41.9 Å². The Morgan fingerprint density at radius 2 is 2.05 bits per heavy atom. The Morgan fingerprint density at radius 1 is 1.14 bits per heavy atom. The molecule has 3 aromatic rings. The van der Waals surface area contributed by atoms with Crippen molar-refractivity contribution in [2.45, 2.75) is 13.3 Å². The van der Waals surface area contributed by atoms with Crippen molar-refractivity contribution in [3.63, 3.8) is 0 Å². The quantitative estimate of drug-likeness (QED) is 0.642. The molecule has 0 unspecified atom stereocenters. The van der Waals surface area contributed by atoms with E-state index in [1.165, 1.54) is 16.8 Å². The Kier molecular flexibility index (Phi) is 2.79. The molecule has 0 fully saturated rings. The minimum absolute atomic E-state index is 0.460. The molecule has 3 heterocycles. The highest BCUT2D eigenvalue weighted by Crippen LogP contribution is 2.36. The van der Waals surface area contributed by atoms with Gasteiger partial charge in [-0.1, -0.05) is 23.7 Å². The van der Waals surface area contributed by atoms with Crippen LogP contribution in [-0.2, 0) is 6.42 Å². The second-order valence-electron chi connectivity index (χ2n) is 5.23. The third kappa shape index (κ3) is 2.03. The van der Waals surface area contributed by atoms with E-state index in [1.807, 2.05) is 6.07 Å². The van der Waals surface area contributed by atoms with E-state index >= 15 is 0 Å². The summed E-state index contributed by atoms with van der Waals surface area (Å²) in [5, 5.41) is 0.460. The molecule has 0 saturated heterocycles. The molecule has 0 atom stereocenters. The van der Waals surface area contributed by atoms with Crippen LogP contribution in [0.1, 0.15) is 11.1 Å². The van der Waals surface area contributed by atoms with Gasteiger partial charge in [0.15, 0.2) is 5.82 Å². The lowest BCUT2D eigenvalue weighted by Crippen LogP contribution is -2.16. The number of fused-ring (bicyclic) bond motifs is 2. The smallest absolute Gasteiger partial charge is 0.163 e. The molecule has 0 saturated carbocycles. The molecule has 1 aliphatic heterocycles. The van der Waals surface area contributed by atoms with Crippen molar-refractivity contribution >= 4 is 34.1 Å². The molecule has 0 bridgehead atoms. The zero-order valence-electron chi connectivity index (χ0n) is 11.5. The van der Waals surface area contributed by atoms with Crippen LogP contribution in [0.25, 0.3) is 11.0 Å². The van der Waals surface area contributed by atoms with Gasteiger partial charge in [-0.05, 0) is 42.7 Å². The number of benzene rings is 1. The van der Waals surface area contributed by atoms with Crippen LogP contribution in [0.15, 0.2) is 36.7 Å². The number of nitrogens with zero attached hydrogens (tertiary/aromatic N) is 4. The minimum atomic E-state index is 0.460. The molecule has 4 rings (SSSR count). The van der Waals surface area contributed by atoms with E-state index in [2.05, 4.69) is 45.0 Å². The summed E-state index contributed by atoms with van der Waals surface area (Å²) in [4.78, 5) is 15.3. The van der Waals surface area contributed by atoms with E-state index in [1.54, 1.807) is 12.4 Å². The fraction of sp³-hybridized carbons (Fsp3) is 0.188. The molecule has 0 spiro atoms. The van der Waals surface area contributed by atoms with Gasteiger partial charge in [-0.3, -0.25) is 0 Å². The molecule has 0 aliphatic carbocycles. The minimum Gasteiger partial charge on any atom is -0.324 e. The molecule has 5 heteroatoms. The molecule has 0 N–H and O–H groups in total. The van der Waals surface area contributed by atoms with Crippen LogP contribution in [0.5, 0.6) is 0 Å². The second-order valence-corrected chi connectivity index (χ2v) is 5.62. The summed E-state index contributed by atoms with van der Waals surface area (Å²) in [7, 11) is 0. The summed E-state index contributed by atoms with van der Waals surface area (Å²) >= 11 is 6.04. The lowest BCUT2D eigenvalue weighted by atomic mass is 10.1. The lowest BCUT2D eigenvalue weighted by Gasteiger charge is -2.19. The molecule has 21 heavy (non-hydrogen) atoms. The molecular weight excluding hydrogens is 284 g/mol. The Bertz CT molecular complexity index is 847. The van der Waals surface area contributed by atoms with Gasteiger partial charge >= 0.3 is 0 Å². The van der Waals surface area contributed by atoms with Crippen molar-refractivity contribution in [3.05, 3.63) is 52.9 Å². The van der Waals surface area contributed by atoms with Gasteiger partial charge < -0.3 is 4.90 Å². The highest BCUT2D eigenvalue weighted by Gasteiger charge is 2.23. The average molecular weight is 297 g/mol. The number of hydrogen-bond donors (Lipinski definition) is 0. The van der Waals surface area contributed by atoms with Crippen LogP contribution in [0, 0.1) is 6.92 Å². The van der Waals surface area contributed by atoms with E-state index in [-0.39, 0.29) is 0 Å². The van der Waals surface area contributed by atoms with E-state index in [4.69, 9.17) is 11.6 Å². The third-order valence-corrected chi connectivity index (χ3v) is 4.03. The van der Waals surface area contributed by atoms with Gasteiger partial charge in [-0.2, -0.15) is 0 Å². The molecule has 1 aliphatic rings. The van der Waals surface area contributed by atoms with Crippen molar-refractivity contribution in [2.24, 2.45) is 0 Å². The molecule has 0 amide bonds. The standard InChI is InChI=1S/C16H13ClN4/c1-10-2-3-11-6-7-21(13(11)8-10)16-15-12(18-9-19-16)4-5-14(17)20-15/h2-5,8-9H,6-7H2,1H3. The van der Waals surface area contributed by atoms with Crippen LogP contribution in [0.2, 0.25) is 5.15 Å². The van der Waals surface area contributed by atoms with Crippen molar-refractivity contribution < 1.29 is 0 Å². The number of aryl methyl sites for hydroxylation is 1. The van der Waals surface area contributed by atoms with Gasteiger partial charge in [0.05, 0.1) is 5.52 Å². The lowest BCUT2D eigenvalue weighted by molar-refractivity contribution is 0.971. The van der Waals surface area contributed by atoms with Gasteiger partial charge in [0.2, 0.25) is 0 Å². The normalized spacial score (nSPS) is 13.7. The average Bonchev–Trinajstić information content (AvgIpc) is 2.89. The summed E-state index contributed by atoms with van der Waals surface area (Å²) in [6.07, 6.45) is 2.60. The van der Waals surface area contributed by atoms with Crippen LogP contribution < -0.4 is 4.90 Å². The molecule has 1 aromatic carbocycles. The van der Waals surface area contributed by atoms with Crippen LogP contribution in [0.4, 0.5) is 11.5 Å². The number of hydrogen-bond acceptors (Lipinski definition) is 4. The summed E-state index contributed by atoms with van der Waals surface area (Å²) < 4.78 is 0. The zero-order chi connectivity index (χ0) is 14.4.